The molecule has 128 valence electrons. The summed E-state index contributed by atoms with van der Waals surface area (Å²) in [5, 5.41) is 4.67. The average molecular weight is 336 g/mol. The Bertz CT molecular complexity index is 547. The zero-order chi connectivity index (χ0) is 16.2. The Morgan fingerprint density at radius 1 is 1.26 bits per heavy atom. The Morgan fingerprint density at radius 3 is 2.70 bits per heavy atom. The summed E-state index contributed by atoms with van der Waals surface area (Å²) in [7, 11) is 1.89. The lowest BCUT2D eigenvalue weighted by Gasteiger charge is -2.32. The summed E-state index contributed by atoms with van der Waals surface area (Å²) in [6.07, 6.45) is 5.41. The molecule has 0 saturated carbocycles. The van der Waals surface area contributed by atoms with Crippen molar-refractivity contribution in [2.75, 3.05) is 33.2 Å². The predicted octanol–water partition coefficient (Wildman–Crippen LogP) is 2.40. The standard InChI is InChI=1S/C17H29N5S/c1-13-16(23-14(2)20-13)11-19-17(18-3)22-10-7-15(12-22)21-8-5-4-6-9-21/h15H,4-12H2,1-3H3,(H,18,19). The molecule has 1 unspecified atom stereocenters. The molecule has 1 aromatic rings. The van der Waals surface area contributed by atoms with Crippen molar-refractivity contribution in [1.29, 1.82) is 0 Å². The van der Waals surface area contributed by atoms with Gasteiger partial charge in [0, 0.05) is 31.1 Å². The maximum atomic E-state index is 4.50. The lowest BCUT2D eigenvalue weighted by Crippen LogP contribution is -2.44. The van der Waals surface area contributed by atoms with Crippen molar-refractivity contribution >= 4 is 17.3 Å². The van der Waals surface area contributed by atoms with E-state index >= 15 is 0 Å². The van der Waals surface area contributed by atoms with E-state index < -0.39 is 0 Å². The van der Waals surface area contributed by atoms with E-state index in [4.69, 9.17) is 0 Å². The Morgan fingerprint density at radius 2 is 2.04 bits per heavy atom. The van der Waals surface area contributed by atoms with E-state index in [1.807, 2.05) is 7.05 Å². The number of rotatable bonds is 3. The second kappa shape index (κ2) is 7.62. The quantitative estimate of drug-likeness (QED) is 0.680. The number of thiazole rings is 1. The molecule has 0 aliphatic carbocycles. The number of aromatic nitrogens is 1. The van der Waals surface area contributed by atoms with Crippen LogP contribution in [0.3, 0.4) is 0 Å². The molecule has 2 aliphatic heterocycles. The van der Waals surface area contributed by atoms with Crippen LogP contribution in [0.5, 0.6) is 0 Å². The largest absolute Gasteiger partial charge is 0.351 e. The monoisotopic (exact) mass is 335 g/mol. The van der Waals surface area contributed by atoms with Crippen molar-refractivity contribution in [2.24, 2.45) is 4.99 Å². The van der Waals surface area contributed by atoms with Crippen LogP contribution >= 0.6 is 11.3 Å². The molecule has 0 aromatic carbocycles. The number of hydrogen-bond donors (Lipinski definition) is 1. The highest BCUT2D eigenvalue weighted by molar-refractivity contribution is 7.11. The van der Waals surface area contributed by atoms with Crippen LogP contribution in [-0.4, -0.2) is 60.0 Å². The number of likely N-dealkylation sites (tertiary alicyclic amines) is 2. The molecule has 5 nitrogen and oxygen atoms in total. The van der Waals surface area contributed by atoms with Gasteiger partial charge in [-0.05, 0) is 46.2 Å². The first kappa shape index (κ1) is 16.7. The summed E-state index contributed by atoms with van der Waals surface area (Å²) < 4.78 is 0. The highest BCUT2D eigenvalue weighted by Crippen LogP contribution is 2.21. The van der Waals surface area contributed by atoms with Crippen LogP contribution in [-0.2, 0) is 6.54 Å². The number of aryl methyl sites for hydroxylation is 2. The number of nitrogens with one attached hydrogen (secondary N) is 1. The normalized spacial score (nSPS) is 23.5. The van der Waals surface area contributed by atoms with Gasteiger partial charge in [-0.25, -0.2) is 4.98 Å². The van der Waals surface area contributed by atoms with Gasteiger partial charge in [-0.2, -0.15) is 0 Å². The van der Waals surface area contributed by atoms with Crippen molar-refractivity contribution in [3.63, 3.8) is 0 Å². The Labute approximate surface area is 143 Å². The van der Waals surface area contributed by atoms with Crippen molar-refractivity contribution in [1.82, 2.24) is 20.1 Å². The maximum Gasteiger partial charge on any atom is 0.193 e. The molecule has 3 rings (SSSR count). The molecule has 0 radical (unpaired) electrons. The Hall–Kier alpha value is -1.14. The van der Waals surface area contributed by atoms with E-state index in [-0.39, 0.29) is 0 Å². The summed E-state index contributed by atoms with van der Waals surface area (Å²) in [5.41, 5.74) is 1.14. The van der Waals surface area contributed by atoms with Crippen molar-refractivity contribution < 1.29 is 0 Å². The second-order valence-corrected chi connectivity index (χ2v) is 7.92. The molecule has 0 bridgehead atoms. The number of guanidine groups is 1. The molecule has 1 N–H and O–H groups in total. The van der Waals surface area contributed by atoms with Crippen LogP contribution in [0.1, 0.15) is 41.3 Å². The Balaban J connectivity index is 1.54. The molecule has 0 amide bonds. The van der Waals surface area contributed by atoms with Gasteiger partial charge in [-0.1, -0.05) is 6.42 Å². The molecule has 6 heteroatoms. The molecule has 1 atom stereocenters. The summed E-state index contributed by atoms with van der Waals surface area (Å²) in [5.74, 6) is 1.04. The minimum atomic E-state index is 0.709. The zero-order valence-electron chi connectivity index (χ0n) is 14.6. The van der Waals surface area contributed by atoms with E-state index in [1.54, 1.807) is 11.3 Å². The number of hydrogen-bond acceptors (Lipinski definition) is 4. The van der Waals surface area contributed by atoms with Gasteiger partial charge in [-0.3, -0.25) is 9.89 Å². The van der Waals surface area contributed by atoms with E-state index in [9.17, 15) is 0 Å². The summed E-state index contributed by atoms with van der Waals surface area (Å²) >= 11 is 1.78. The number of aliphatic imine (C=N–C) groups is 1. The second-order valence-electron chi connectivity index (χ2n) is 6.63. The van der Waals surface area contributed by atoms with Gasteiger partial charge in [0.1, 0.15) is 0 Å². The van der Waals surface area contributed by atoms with Crippen molar-refractivity contribution in [3.8, 4) is 0 Å². The highest BCUT2D eigenvalue weighted by atomic mass is 32.1. The smallest absolute Gasteiger partial charge is 0.193 e. The van der Waals surface area contributed by atoms with Crippen molar-refractivity contribution in [2.45, 2.75) is 52.1 Å². The highest BCUT2D eigenvalue weighted by Gasteiger charge is 2.29. The molecule has 1 aromatic heterocycles. The molecule has 0 spiro atoms. The van der Waals surface area contributed by atoms with Crippen LogP contribution in [0.2, 0.25) is 0 Å². The third kappa shape index (κ3) is 4.04. The fraction of sp³-hybridized carbons (Fsp3) is 0.765. The van der Waals surface area contributed by atoms with E-state index in [0.717, 1.165) is 36.3 Å². The van der Waals surface area contributed by atoms with Crippen molar-refractivity contribution in [3.05, 3.63) is 15.6 Å². The molecule has 3 heterocycles. The van der Waals surface area contributed by atoms with Crippen LogP contribution in [0.4, 0.5) is 0 Å². The van der Waals surface area contributed by atoms with E-state index in [1.165, 1.54) is 43.6 Å². The summed E-state index contributed by atoms with van der Waals surface area (Å²) in [6, 6.07) is 0.709. The SMILES string of the molecule is CN=C(NCc1sc(C)nc1C)N1CCC(N2CCCCC2)C1. The van der Waals surface area contributed by atoms with Crippen LogP contribution < -0.4 is 5.32 Å². The minimum absolute atomic E-state index is 0.709. The molecule has 2 aliphatic rings. The van der Waals surface area contributed by atoms with Gasteiger partial charge in [0.2, 0.25) is 0 Å². The Kier molecular flexibility index (Phi) is 5.54. The molecule has 2 saturated heterocycles. The lowest BCUT2D eigenvalue weighted by atomic mass is 10.1. The molecule has 23 heavy (non-hydrogen) atoms. The van der Waals surface area contributed by atoms with Crippen LogP contribution in [0.15, 0.2) is 4.99 Å². The van der Waals surface area contributed by atoms with Gasteiger partial charge < -0.3 is 10.2 Å². The first-order chi connectivity index (χ1) is 11.2. The predicted molar refractivity (Wildman–Crippen MR) is 97.2 cm³/mol. The van der Waals surface area contributed by atoms with E-state index in [0.29, 0.717) is 6.04 Å². The van der Waals surface area contributed by atoms with Crippen LogP contribution in [0, 0.1) is 13.8 Å². The minimum Gasteiger partial charge on any atom is -0.351 e. The molecular formula is C17H29N5S. The van der Waals surface area contributed by atoms with Gasteiger partial charge in [-0.15, -0.1) is 11.3 Å². The van der Waals surface area contributed by atoms with Gasteiger partial charge in [0.25, 0.3) is 0 Å². The number of piperidine rings is 1. The third-order valence-electron chi connectivity index (χ3n) is 4.99. The molecular weight excluding hydrogens is 306 g/mol. The topological polar surface area (TPSA) is 43.8 Å². The fourth-order valence-corrected chi connectivity index (χ4v) is 4.62. The summed E-state index contributed by atoms with van der Waals surface area (Å²) in [4.78, 5) is 15.4. The number of nitrogens with zero attached hydrogens (tertiary/aromatic N) is 4. The first-order valence-electron chi connectivity index (χ1n) is 8.80. The lowest BCUT2D eigenvalue weighted by molar-refractivity contribution is 0.168. The summed E-state index contributed by atoms with van der Waals surface area (Å²) in [6.45, 7) is 9.77. The maximum absolute atomic E-state index is 4.50. The van der Waals surface area contributed by atoms with E-state index in [2.05, 4.69) is 38.9 Å². The van der Waals surface area contributed by atoms with Gasteiger partial charge in [0.15, 0.2) is 5.96 Å². The molecule has 2 fully saturated rings. The van der Waals surface area contributed by atoms with Gasteiger partial charge >= 0.3 is 0 Å². The first-order valence-corrected chi connectivity index (χ1v) is 9.61. The third-order valence-corrected chi connectivity index (χ3v) is 6.06. The van der Waals surface area contributed by atoms with Gasteiger partial charge in [0.05, 0.1) is 17.2 Å². The fourth-order valence-electron chi connectivity index (χ4n) is 3.74. The zero-order valence-corrected chi connectivity index (χ0v) is 15.5. The average Bonchev–Trinajstić information content (AvgIpc) is 3.16. The van der Waals surface area contributed by atoms with Crippen LogP contribution in [0.25, 0.3) is 0 Å².